The fraction of sp³-hybridized carbons (Fsp3) is 0.222. The molecule has 116 valence electrons. The fourth-order valence-electron chi connectivity index (χ4n) is 2.76. The molecule has 2 rings (SSSR count). The van der Waals surface area contributed by atoms with Crippen LogP contribution >= 0.6 is 0 Å². The summed E-state index contributed by atoms with van der Waals surface area (Å²) >= 11 is 0. The van der Waals surface area contributed by atoms with Crippen LogP contribution in [0.15, 0.2) is 66.7 Å². The quantitative estimate of drug-likeness (QED) is 0.709. The van der Waals surface area contributed by atoms with Crippen molar-refractivity contribution in [2.75, 3.05) is 0 Å². The Morgan fingerprint density at radius 2 is 1.43 bits per heavy atom. The molecule has 2 aromatic carbocycles. The van der Waals surface area contributed by atoms with Crippen LogP contribution in [0, 0.1) is 0 Å². The Hall–Kier alpha value is -0.329. The van der Waals surface area contributed by atoms with Gasteiger partial charge in [-0.1, -0.05) is 91.7 Å². The minimum atomic E-state index is -5.00. The van der Waals surface area contributed by atoms with E-state index in [-0.39, 0.29) is 64.2 Å². The summed E-state index contributed by atoms with van der Waals surface area (Å²) in [6.45, 7) is -3.39. The molecular weight excluding hydrogens is 323 g/mol. The van der Waals surface area contributed by atoms with Crippen molar-refractivity contribution in [3.63, 3.8) is 0 Å². The summed E-state index contributed by atoms with van der Waals surface area (Å²) in [6, 6.07) is 17.6. The van der Waals surface area contributed by atoms with Crippen LogP contribution in [0.4, 0.5) is 12.9 Å². The number of benzene rings is 2. The molecule has 5 heteroatoms. The van der Waals surface area contributed by atoms with Crippen molar-refractivity contribution < 1.29 is 64.3 Å². The molecule has 0 amide bonds. The van der Waals surface area contributed by atoms with Crippen molar-refractivity contribution in [3.05, 3.63) is 77.9 Å². The number of hydrogen-bond donors (Lipinski definition) is 0. The zero-order valence-electron chi connectivity index (χ0n) is 13.6. The van der Waals surface area contributed by atoms with Crippen molar-refractivity contribution in [1.82, 2.24) is 0 Å². The standard InChI is InChI=1S/C18H19BF3.K/c1-2-18(19(20,21)22,17-13-7-4-8-14-17)15-9-12-16-10-5-3-6-11-16;/h3-14H,2,15H2,1H3;/q-1;+1/b12-9+;/t18-;/m1./s1. The average Bonchev–Trinajstić information content (AvgIpc) is 2.52. The van der Waals surface area contributed by atoms with E-state index in [1.807, 2.05) is 30.3 Å². The zero-order valence-corrected chi connectivity index (χ0v) is 16.7. The predicted molar refractivity (Wildman–Crippen MR) is 87.6 cm³/mol. The Morgan fingerprint density at radius 1 is 0.913 bits per heavy atom. The Kier molecular flexibility index (Phi) is 8.31. The maximum absolute atomic E-state index is 13.8. The topological polar surface area (TPSA) is 0 Å². The van der Waals surface area contributed by atoms with Crippen LogP contribution in [0.3, 0.4) is 0 Å². The zero-order chi connectivity index (χ0) is 16.1. The van der Waals surface area contributed by atoms with Gasteiger partial charge in [0.1, 0.15) is 0 Å². The molecule has 0 heterocycles. The van der Waals surface area contributed by atoms with Gasteiger partial charge in [0, 0.05) is 0 Å². The van der Waals surface area contributed by atoms with E-state index in [1.54, 1.807) is 49.4 Å². The summed E-state index contributed by atoms with van der Waals surface area (Å²) in [5.41, 5.74) is 1.26. The SMILES string of the molecule is CC[C@@](C/C=C/c1ccccc1)(c1ccccc1)[B-](F)(F)F.[K+]. The Labute approximate surface area is 178 Å². The summed E-state index contributed by atoms with van der Waals surface area (Å²) in [6.07, 6.45) is 3.40. The van der Waals surface area contributed by atoms with E-state index in [1.165, 1.54) is 0 Å². The second-order valence-corrected chi connectivity index (χ2v) is 5.47. The maximum Gasteiger partial charge on any atom is 1.00 e. The van der Waals surface area contributed by atoms with E-state index < -0.39 is 12.3 Å². The van der Waals surface area contributed by atoms with Crippen molar-refractivity contribution in [3.8, 4) is 0 Å². The van der Waals surface area contributed by atoms with Crippen LogP contribution < -0.4 is 51.4 Å². The van der Waals surface area contributed by atoms with Crippen molar-refractivity contribution in [2.24, 2.45) is 0 Å². The third-order valence-corrected chi connectivity index (χ3v) is 4.20. The fourth-order valence-corrected chi connectivity index (χ4v) is 2.76. The molecular formula is C18H19BF3K. The molecule has 0 aliphatic carbocycles. The smallest absolute Gasteiger partial charge is 0.448 e. The van der Waals surface area contributed by atoms with Gasteiger partial charge >= 0.3 is 58.4 Å². The van der Waals surface area contributed by atoms with E-state index >= 15 is 0 Å². The first-order chi connectivity index (χ1) is 10.5. The van der Waals surface area contributed by atoms with Gasteiger partial charge in [-0.2, -0.15) is 0 Å². The maximum atomic E-state index is 13.8. The third-order valence-electron chi connectivity index (χ3n) is 4.20. The molecule has 0 bridgehead atoms. The van der Waals surface area contributed by atoms with Crippen LogP contribution in [-0.4, -0.2) is 6.98 Å². The molecule has 0 aromatic heterocycles. The van der Waals surface area contributed by atoms with E-state index in [0.29, 0.717) is 5.56 Å². The van der Waals surface area contributed by atoms with Crippen molar-refractivity contribution >= 4 is 13.1 Å². The van der Waals surface area contributed by atoms with Gasteiger partial charge in [0.25, 0.3) is 0 Å². The molecule has 0 spiro atoms. The monoisotopic (exact) mass is 342 g/mol. The minimum absolute atomic E-state index is 0. The number of allylic oxidation sites excluding steroid dienone is 1. The number of hydrogen-bond acceptors (Lipinski definition) is 0. The molecule has 0 saturated heterocycles. The molecule has 0 nitrogen and oxygen atoms in total. The molecule has 0 radical (unpaired) electrons. The molecule has 0 N–H and O–H groups in total. The van der Waals surface area contributed by atoms with Crippen molar-refractivity contribution in [1.29, 1.82) is 0 Å². The van der Waals surface area contributed by atoms with Crippen LogP contribution in [0.1, 0.15) is 30.9 Å². The normalized spacial score (nSPS) is 14.3. The molecule has 0 saturated carbocycles. The molecule has 0 fully saturated rings. The van der Waals surface area contributed by atoms with Gasteiger partial charge in [-0.25, -0.2) is 0 Å². The molecule has 0 aliphatic heterocycles. The summed E-state index contributed by atoms with van der Waals surface area (Å²) in [7, 11) is 0. The summed E-state index contributed by atoms with van der Waals surface area (Å²) in [4.78, 5) is 0. The first kappa shape index (κ1) is 20.7. The number of rotatable bonds is 6. The summed E-state index contributed by atoms with van der Waals surface area (Å²) in [5, 5.41) is -1.77. The average molecular weight is 342 g/mol. The Bertz CT molecular complexity index is 611. The van der Waals surface area contributed by atoms with Gasteiger partial charge in [-0.05, 0) is 17.3 Å². The van der Waals surface area contributed by atoms with E-state index in [4.69, 9.17) is 0 Å². The van der Waals surface area contributed by atoms with E-state index in [2.05, 4.69) is 0 Å². The van der Waals surface area contributed by atoms with Crippen LogP contribution in [0.2, 0.25) is 0 Å². The van der Waals surface area contributed by atoms with Crippen LogP contribution in [0.25, 0.3) is 6.08 Å². The first-order valence-electron chi connectivity index (χ1n) is 7.46. The van der Waals surface area contributed by atoms with Gasteiger partial charge in [0.2, 0.25) is 0 Å². The Morgan fingerprint density at radius 3 is 1.91 bits per heavy atom. The second-order valence-electron chi connectivity index (χ2n) is 5.47. The predicted octanol–water partition coefficient (Wildman–Crippen LogP) is 2.83. The van der Waals surface area contributed by atoms with E-state index in [0.717, 1.165) is 5.56 Å². The first-order valence-corrected chi connectivity index (χ1v) is 7.46. The van der Waals surface area contributed by atoms with Crippen molar-refractivity contribution in [2.45, 2.75) is 25.1 Å². The number of halogens is 3. The molecule has 1 atom stereocenters. The molecule has 23 heavy (non-hydrogen) atoms. The van der Waals surface area contributed by atoms with Gasteiger partial charge in [0.05, 0.1) is 0 Å². The van der Waals surface area contributed by atoms with Gasteiger partial charge in [-0.3, -0.25) is 0 Å². The summed E-state index contributed by atoms with van der Waals surface area (Å²) < 4.78 is 41.4. The minimum Gasteiger partial charge on any atom is -0.448 e. The van der Waals surface area contributed by atoms with Crippen LogP contribution in [0.5, 0.6) is 0 Å². The molecule has 0 aliphatic rings. The van der Waals surface area contributed by atoms with Gasteiger partial charge in [0.15, 0.2) is 0 Å². The molecule has 0 unspecified atom stereocenters. The third kappa shape index (κ3) is 5.07. The summed E-state index contributed by atoms with van der Waals surface area (Å²) in [5.74, 6) is 0. The van der Waals surface area contributed by atoms with Crippen LogP contribution in [-0.2, 0) is 5.31 Å². The van der Waals surface area contributed by atoms with Gasteiger partial charge in [-0.15, -0.1) is 0 Å². The molecule has 2 aromatic rings. The van der Waals surface area contributed by atoms with E-state index in [9.17, 15) is 12.9 Å². The van der Waals surface area contributed by atoms with Gasteiger partial charge < -0.3 is 12.9 Å². The largest absolute Gasteiger partial charge is 1.00 e. The second kappa shape index (κ2) is 9.23. The Balaban J connectivity index is 0.00000264.